The number of hydrogen-bond acceptors (Lipinski definition) is 9. The molecule has 0 aliphatic carbocycles. The highest BCUT2D eigenvalue weighted by molar-refractivity contribution is 7.51. The smallest absolute Gasteiger partial charge is 0.409 e. The minimum atomic E-state index is -4.71. The monoisotopic (exact) mass is 618 g/mol. The fourth-order valence-corrected chi connectivity index (χ4v) is 5.66. The molecule has 1 aromatic carbocycles. The standard InChI is InChI=1S/C28H39N6O8P/c1-3-4-16-42-28(37)33-14-12-32(13-15-33)27(36)23(19-43(38,39)40)30-26(35)22-17-24(34-11-10-21(18-34)41-2)31-25(29-22)20-8-6-5-7-9-20/h5-9,17,21,23H,3-4,10-16,18-19H2,1-2H3,(H,30,35)(H2,38,39,40)/t21-,23?/m0/s1. The van der Waals surface area contributed by atoms with Crippen molar-refractivity contribution in [1.29, 1.82) is 0 Å². The summed E-state index contributed by atoms with van der Waals surface area (Å²) >= 11 is 0. The van der Waals surface area contributed by atoms with Crippen molar-refractivity contribution in [3.8, 4) is 11.4 Å². The summed E-state index contributed by atoms with van der Waals surface area (Å²) in [6.07, 6.45) is 1.08. The summed E-state index contributed by atoms with van der Waals surface area (Å²) < 4.78 is 22.7. The Morgan fingerprint density at radius 1 is 1.07 bits per heavy atom. The summed E-state index contributed by atoms with van der Waals surface area (Å²) in [5, 5.41) is 2.51. The quantitative estimate of drug-likeness (QED) is 0.247. The van der Waals surface area contributed by atoms with Gasteiger partial charge in [-0.3, -0.25) is 14.2 Å². The average Bonchev–Trinajstić information content (AvgIpc) is 3.50. The SMILES string of the molecule is CCCCOC(=O)N1CCN(C(=O)C(CP(=O)(O)O)NC(=O)c2cc(N3CC[C@H](OC)C3)nc(-c3ccccc3)n2)CC1. The number of aromatic nitrogens is 2. The van der Waals surface area contributed by atoms with Crippen LogP contribution in [0.4, 0.5) is 10.6 Å². The van der Waals surface area contributed by atoms with Gasteiger partial charge in [0.25, 0.3) is 5.91 Å². The molecule has 2 aromatic rings. The number of ether oxygens (including phenoxy) is 2. The van der Waals surface area contributed by atoms with Gasteiger partial charge in [0.2, 0.25) is 5.91 Å². The molecule has 2 aliphatic heterocycles. The van der Waals surface area contributed by atoms with Crippen molar-refractivity contribution in [3.63, 3.8) is 0 Å². The molecule has 234 valence electrons. The second-order valence-corrected chi connectivity index (χ2v) is 12.2. The molecule has 3 heterocycles. The molecule has 2 atom stereocenters. The molecule has 3 N–H and O–H groups in total. The third kappa shape index (κ3) is 8.96. The van der Waals surface area contributed by atoms with Crippen molar-refractivity contribution in [3.05, 3.63) is 42.1 Å². The van der Waals surface area contributed by atoms with Crippen LogP contribution in [0.25, 0.3) is 11.4 Å². The zero-order valence-electron chi connectivity index (χ0n) is 24.4. The van der Waals surface area contributed by atoms with E-state index in [9.17, 15) is 28.7 Å². The van der Waals surface area contributed by atoms with Crippen molar-refractivity contribution in [2.75, 3.05) is 64.0 Å². The van der Waals surface area contributed by atoms with Gasteiger partial charge in [-0.2, -0.15) is 0 Å². The Bertz CT molecular complexity index is 1320. The van der Waals surface area contributed by atoms with E-state index in [0.717, 1.165) is 19.3 Å². The van der Waals surface area contributed by atoms with Crippen LogP contribution in [0, 0.1) is 0 Å². The van der Waals surface area contributed by atoms with E-state index in [-0.39, 0.29) is 38.0 Å². The molecular weight excluding hydrogens is 579 g/mol. The van der Waals surface area contributed by atoms with Crippen LogP contribution in [0.5, 0.6) is 0 Å². The largest absolute Gasteiger partial charge is 0.449 e. The highest BCUT2D eigenvalue weighted by Gasteiger charge is 2.35. The van der Waals surface area contributed by atoms with Crippen molar-refractivity contribution in [2.24, 2.45) is 0 Å². The molecule has 15 heteroatoms. The lowest BCUT2D eigenvalue weighted by molar-refractivity contribution is -0.134. The zero-order chi connectivity index (χ0) is 31.0. The summed E-state index contributed by atoms with van der Waals surface area (Å²) in [4.78, 5) is 72.7. The maximum Gasteiger partial charge on any atom is 0.409 e. The summed E-state index contributed by atoms with van der Waals surface area (Å²) in [5.74, 6) is -0.633. The van der Waals surface area contributed by atoms with E-state index in [4.69, 9.17) is 9.47 Å². The molecule has 2 fully saturated rings. The topological polar surface area (TPSA) is 175 Å². The van der Waals surface area contributed by atoms with E-state index in [1.54, 1.807) is 7.11 Å². The summed E-state index contributed by atoms with van der Waals surface area (Å²) in [5.41, 5.74) is 0.627. The first kappa shape index (κ1) is 32.3. The molecule has 1 unspecified atom stereocenters. The predicted molar refractivity (Wildman–Crippen MR) is 158 cm³/mol. The van der Waals surface area contributed by atoms with E-state index in [1.165, 1.54) is 15.9 Å². The van der Waals surface area contributed by atoms with Gasteiger partial charge in [-0.25, -0.2) is 14.8 Å². The normalized spacial score (nSPS) is 18.0. The second-order valence-electron chi connectivity index (χ2n) is 10.5. The number of anilines is 1. The van der Waals surface area contributed by atoms with E-state index in [2.05, 4.69) is 15.3 Å². The van der Waals surface area contributed by atoms with Crippen LogP contribution in [0.1, 0.15) is 36.7 Å². The fraction of sp³-hybridized carbons (Fsp3) is 0.536. The Morgan fingerprint density at radius 3 is 2.40 bits per heavy atom. The van der Waals surface area contributed by atoms with Gasteiger partial charge in [-0.1, -0.05) is 43.7 Å². The highest BCUT2D eigenvalue weighted by Crippen LogP contribution is 2.35. The maximum atomic E-state index is 13.5. The molecule has 0 saturated carbocycles. The van der Waals surface area contributed by atoms with Crippen LogP contribution in [-0.2, 0) is 18.8 Å². The summed E-state index contributed by atoms with van der Waals surface area (Å²) in [6.45, 7) is 4.17. The predicted octanol–water partition coefficient (Wildman–Crippen LogP) is 1.73. The van der Waals surface area contributed by atoms with Crippen LogP contribution in [0.3, 0.4) is 0 Å². The first-order valence-corrected chi connectivity index (χ1v) is 16.2. The summed E-state index contributed by atoms with van der Waals surface area (Å²) in [6, 6.07) is 9.09. The number of carbonyl (C=O) groups is 3. The van der Waals surface area contributed by atoms with Gasteiger partial charge >= 0.3 is 13.7 Å². The van der Waals surface area contributed by atoms with Crippen LogP contribution in [0.2, 0.25) is 0 Å². The van der Waals surface area contributed by atoms with Crippen LogP contribution in [0.15, 0.2) is 36.4 Å². The third-order valence-corrected chi connectivity index (χ3v) is 8.22. The number of benzene rings is 1. The van der Waals surface area contributed by atoms with Gasteiger partial charge in [0, 0.05) is 58.0 Å². The maximum absolute atomic E-state index is 13.5. The number of rotatable bonds is 11. The lowest BCUT2D eigenvalue weighted by atomic mass is 10.2. The Balaban J connectivity index is 1.52. The molecule has 43 heavy (non-hydrogen) atoms. The summed E-state index contributed by atoms with van der Waals surface area (Å²) in [7, 11) is -3.08. The molecule has 3 amide bonds. The molecule has 2 saturated heterocycles. The molecule has 4 rings (SSSR count). The average molecular weight is 619 g/mol. The first-order chi connectivity index (χ1) is 20.6. The van der Waals surface area contributed by atoms with Gasteiger partial charge in [0.05, 0.1) is 18.9 Å². The van der Waals surface area contributed by atoms with E-state index in [1.807, 2.05) is 42.2 Å². The first-order valence-electron chi connectivity index (χ1n) is 14.4. The molecule has 1 aromatic heterocycles. The number of piperazine rings is 1. The van der Waals surface area contributed by atoms with Crippen molar-refractivity contribution >= 4 is 31.3 Å². The third-order valence-electron chi connectivity index (χ3n) is 7.38. The van der Waals surface area contributed by atoms with Crippen LogP contribution < -0.4 is 10.2 Å². The number of methoxy groups -OCH3 is 1. The minimum absolute atomic E-state index is 0.0105. The molecule has 0 bridgehead atoms. The van der Waals surface area contributed by atoms with Gasteiger partial charge in [0.1, 0.15) is 17.6 Å². The number of nitrogens with zero attached hydrogens (tertiary/aromatic N) is 5. The number of nitrogens with one attached hydrogen (secondary N) is 1. The van der Waals surface area contributed by atoms with E-state index >= 15 is 0 Å². The van der Waals surface area contributed by atoms with Crippen molar-refractivity contribution in [1.82, 2.24) is 25.1 Å². The van der Waals surface area contributed by atoms with E-state index < -0.39 is 37.7 Å². The van der Waals surface area contributed by atoms with Crippen LogP contribution >= 0.6 is 7.60 Å². The molecule has 14 nitrogen and oxygen atoms in total. The molecule has 0 radical (unpaired) electrons. The fourth-order valence-electron chi connectivity index (χ4n) is 4.94. The molecule has 2 aliphatic rings. The van der Waals surface area contributed by atoms with E-state index in [0.29, 0.717) is 36.9 Å². The zero-order valence-corrected chi connectivity index (χ0v) is 25.3. The minimum Gasteiger partial charge on any atom is -0.449 e. The van der Waals surface area contributed by atoms with Crippen molar-refractivity contribution in [2.45, 2.75) is 38.3 Å². The lowest BCUT2D eigenvalue weighted by Gasteiger charge is -2.36. The van der Waals surface area contributed by atoms with Gasteiger partial charge in [-0.15, -0.1) is 0 Å². The molecule has 0 spiro atoms. The van der Waals surface area contributed by atoms with Crippen molar-refractivity contribution < 1.29 is 38.2 Å². The number of hydrogen-bond donors (Lipinski definition) is 3. The van der Waals surface area contributed by atoms with Gasteiger partial charge < -0.3 is 39.3 Å². The number of unbranched alkanes of at least 4 members (excludes halogenated alkanes) is 1. The van der Waals surface area contributed by atoms with Gasteiger partial charge in [0.15, 0.2) is 5.82 Å². The lowest BCUT2D eigenvalue weighted by Crippen LogP contribution is -2.56. The van der Waals surface area contributed by atoms with Gasteiger partial charge in [-0.05, 0) is 12.8 Å². The molecular formula is C28H39N6O8P. The Hall–Kier alpha value is -3.58. The number of amides is 3. The Labute approximate surface area is 250 Å². The number of carbonyl (C=O) groups excluding carboxylic acids is 3. The Morgan fingerprint density at radius 2 is 1.77 bits per heavy atom. The van der Waals surface area contributed by atoms with Crippen LogP contribution in [-0.4, -0.2) is 119 Å². The second kappa shape index (κ2) is 14.7. The highest BCUT2D eigenvalue weighted by atomic mass is 31.2. The Kier molecular flexibility index (Phi) is 11.1.